The zero-order chi connectivity index (χ0) is 12.7. The van der Waals surface area contributed by atoms with Gasteiger partial charge in [-0.05, 0) is 18.9 Å². The molecule has 92 valence electrons. The zero-order valence-electron chi connectivity index (χ0n) is 8.49. The van der Waals surface area contributed by atoms with Crippen LogP contribution in [0.1, 0.15) is 18.5 Å². The third kappa shape index (κ3) is 2.32. The average Bonchev–Trinajstić information content (AvgIpc) is 2.95. The van der Waals surface area contributed by atoms with Crippen LogP contribution in [0.2, 0.25) is 0 Å². The molecule has 0 aromatic carbocycles. The number of carboxylic acids is 1. The number of hydrogen-bond donors (Lipinski definition) is 1. The maximum absolute atomic E-state index is 12.0. The normalized spacial score (nSPS) is 17.6. The van der Waals surface area contributed by atoms with E-state index in [2.05, 4.69) is 9.72 Å². The molecular weight excluding hydrogens is 239 g/mol. The molecule has 2 rings (SSSR count). The lowest BCUT2D eigenvalue weighted by molar-refractivity contribution is -0.276. The number of pyridine rings is 1. The molecule has 1 aromatic heterocycles. The Balaban J connectivity index is 2.27. The number of carboxylic acid groups (broad SMARTS) is 1. The molecule has 1 aliphatic rings. The first-order valence-corrected chi connectivity index (χ1v) is 4.80. The van der Waals surface area contributed by atoms with E-state index in [0.29, 0.717) is 12.8 Å². The van der Waals surface area contributed by atoms with E-state index in [4.69, 9.17) is 5.11 Å². The fraction of sp³-hybridized carbons (Fsp3) is 0.400. The van der Waals surface area contributed by atoms with Crippen molar-refractivity contribution in [3.8, 4) is 5.88 Å². The number of hydrogen-bond acceptors (Lipinski definition) is 3. The number of rotatable bonds is 3. The van der Waals surface area contributed by atoms with Gasteiger partial charge in [0.1, 0.15) is 5.41 Å². The lowest BCUT2D eigenvalue weighted by Crippen LogP contribution is -2.22. The molecule has 1 heterocycles. The average molecular weight is 247 g/mol. The van der Waals surface area contributed by atoms with Crippen molar-refractivity contribution in [2.24, 2.45) is 0 Å². The van der Waals surface area contributed by atoms with Crippen molar-refractivity contribution < 1.29 is 27.8 Å². The van der Waals surface area contributed by atoms with Crippen molar-refractivity contribution >= 4 is 5.97 Å². The molecule has 0 radical (unpaired) electrons. The molecule has 0 atom stereocenters. The summed E-state index contributed by atoms with van der Waals surface area (Å²) >= 11 is 0. The van der Waals surface area contributed by atoms with Crippen molar-refractivity contribution in [3.05, 3.63) is 23.9 Å². The largest absolute Gasteiger partial charge is 0.574 e. The second kappa shape index (κ2) is 3.61. The highest BCUT2D eigenvalue weighted by molar-refractivity contribution is 5.84. The van der Waals surface area contributed by atoms with E-state index in [0.717, 1.165) is 6.07 Å². The third-order valence-electron chi connectivity index (χ3n) is 2.59. The molecule has 1 aliphatic carbocycles. The van der Waals surface area contributed by atoms with Crippen LogP contribution in [-0.2, 0) is 10.2 Å². The van der Waals surface area contributed by atoms with E-state index < -0.39 is 23.6 Å². The van der Waals surface area contributed by atoms with Crippen molar-refractivity contribution in [2.75, 3.05) is 0 Å². The Bertz CT molecular complexity index is 454. The van der Waals surface area contributed by atoms with Gasteiger partial charge >= 0.3 is 12.3 Å². The van der Waals surface area contributed by atoms with E-state index in [1.807, 2.05) is 0 Å². The molecule has 0 unspecified atom stereocenters. The Labute approximate surface area is 94.0 Å². The third-order valence-corrected chi connectivity index (χ3v) is 2.59. The van der Waals surface area contributed by atoms with Crippen LogP contribution in [0.15, 0.2) is 18.2 Å². The molecule has 1 saturated carbocycles. The van der Waals surface area contributed by atoms with Crippen LogP contribution in [-0.4, -0.2) is 22.4 Å². The first-order chi connectivity index (χ1) is 7.83. The first-order valence-electron chi connectivity index (χ1n) is 4.80. The number of ether oxygens (including phenoxy) is 1. The summed E-state index contributed by atoms with van der Waals surface area (Å²) in [4.78, 5) is 14.6. The van der Waals surface area contributed by atoms with Gasteiger partial charge in [0.2, 0.25) is 5.88 Å². The van der Waals surface area contributed by atoms with Gasteiger partial charge in [-0.15, -0.1) is 13.2 Å². The van der Waals surface area contributed by atoms with E-state index in [1.54, 1.807) is 0 Å². The summed E-state index contributed by atoms with van der Waals surface area (Å²) in [5, 5.41) is 8.98. The summed E-state index contributed by atoms with van der Waals surface area (Å²) in [6.07, 6.45) is -4.07. The van der Waals surface area contributed by atoms with E-state index in [1.165, 1.54) is 12.1 Å². The molecule has 0 aliphatic heterocycles. The quantitative estimate of drug-likeness (QED) is 0.888. The minimum atomic E-state index is -4.83. The Morgan fingerprint density at radius 3 is 2.53 bits per heavy atom. The SMILES string of the molecule is O=C(O)C1(c2cccc(OC(F)(F)F)n2)CC1. The molecule has 4 nitrogen and oxygen atoms in total. The minimum Gasteiger partial charge on any atom is -0.481 e. The summed E-state index contributed by atoms with van der Waals surface area (Å²) in [6, 6.07) is 3.73. The molecule has 1 aromatic rings. The van der Waals surface area contributed by atoms with Crippen molar-refractivity contribution in [3.63, 3.8) is 0 Å². The van der Waals surface area contributed by atoms with Crippen LogP contribution in [0, 0.1) is 0 Å². The van der Waals surface area contributed by atoms with Crippen molar-refractivity contribution in [1.82, 2.24) is 4.98 Å². The van der Waals surface area contributed by atoms with Gasteiger partial charge in [0, 0.05) is 6.07 Å². The van der Waals surface area contributed by atoms with Gasteiger partial charge < -0.3 is 9.84 Å². The predicted octanol–water partition coefficient (Wildman–Crippen LogP) is 2.10. The number of nitrogens with zero attached hydrogens (tertiary/aromatic N) is 1. The monoisotopic (exact) mass is 247 g/mol. The summed E-state index contributed by atoms with van der Waals surface area (Å²) in [6.45, 7) is 0. The molecule has 17 heavy (non-hydrogen) atoms. The molecule has 1 N–H and O–H groups in total. The lowest BCUT2D eigenvalue weighted by atomic mass is 10.0. The number of alkyl halides is 3. The lowest BCUT2D eigenvalue weighted by Gasteiger charge is -2.12. The van der Waals surface area contributed by atoms with E-state index in [9.17, 15) is 18.0 Å². The van der Waals surface area contributed by atoms with Gasteiger partial charge in [0.15, 0.2) is 0 Å². The fourth-order valence-electron chi connectivity index (χ4n) is 1.56. The maximum Gasteiger partial charge on any atom is 0.574 e. The van der Waals surface area contributed by atoms with Gasteiger partial charge in [-0.2, -0.15) is 0 Å². The smallest absolute Gasteiger partial charge is 0.481 e. The van der Waals surface area contributed by atoms with E-state index >= 15 is 0 Å². The molecule has 1 fully saturated rings. The van der Waals surface area contributed by atoms with Crippen molar-refractivity contribution in [1.29, 1.82) is 0 Å². The number of aliphatic carboxylic acids is 1. The first kappa shape index (κ1) is 11.7. The summed E-state index contributed by atoms with van der Waals surface area (Å²) in [7, 11) is 0. The maximum atomic E-state index is 12.0. The van der Waals surface area contributed by atoms with Gasteiger partial charge in [-0.3, -0.25) is 4.79 Å². The highest BCUT2D eigenvalue weighted by Gasteiger charge is 2.53. The number of halogens is 3. The van der Waals surface area contributed by atoms with Crippen molar-refractivity contribution in [2.45, 2.75) is 24.6 Å². The summed E-state index contributed by atoms with van der Waals surface area (Å²) < 4.78 is 39.5. The minimum absolute atomic E-state index is 0.103. The molecular formula is C10H8F3NO3. The molecule has 0 spiro atoms. The van der Waals surface area contributed by atoms with Gasteiger partial charge in [-0.25, -0.2) is 4.98 Å². The molecule has 0 saturated heterocycles. The van der Waals surface area contributed by atoms with Crippen LogP contribution in [0.5, 0.6) is 5.88 Å². The highest BCUT2D eigenvalue weighted by Crippen LogP contribution is 2.47. The van der Waals surface area contributed by atoms with Gasteiger partial charge in [0.05, 0.1) is 5.69 Å². The zero-order valence-corrected chi connectivity index (χ0v) is 8.49. The Kier molecular flexibility index (Phi) is 2.48. The molecule has 0 amide bonds. The fourth-order valence-corrected chi connectivity index (χ4v) is 1.56. The van der Waals surface area contributed by atoms with Crippen LogP contribution >= 0.6 is 0 Å². The van der Waals surface area contributed by atoms with Gasteiger partial charge in [0.25, 0.3) is 0 Å². The van der Waals surface area contributed by atoms with Crippen LogP contribution in [0.3, 0.4) is 0 Å². The second-order valence-corrected chi connectivity index (χ2v) is 3.80. The second-order valence-electron chi connectivity index (χ2n) is 3.80. The summed E-state index contributed by atoms with van der Waals surface area (Å²) in [5.74, 6) is -1.71. The number of aromatic nitrogens is 1. The van der Waals surface area contributed by atoms with Crippen LogP contribution < -0.4 is 4.74 Å². The molecule has 7 heteroatoms. The topological polar surface area (TPSA) is 59.4 Å². The summed E-state index contributed by atoms with van der Waals surface area (Å²) in [5.41, 5.74) is -1.03. The predicted molar refractivity (Wildman–Crippen MR) is 49.5 cm³/mol. The van der Waals surface area contributed by atoms with Crippen LogP contribution in [0.4, 0.5) is 13.2 Å². The highest BCUT2D eigenvalue weighted by atomic mass is 19.4. The Hall–Kier alpha value is -1.79. The standard InChI is InChI=1S/C10H8F3NO3/c11-10(12,13)17-7-3-1-2-6(14-7)9(4-5-9)8(15)16/h1-3H,4-5H2,(H,15,16). The Morgan fingerprint density at radius 1 is 1.41 bits per heavy atom. The Morgan fingerprint density at radius 2 is 2.06 bits per heavy atom. The molecule has 0 bridgehead atoms. The number of carbonyl (C=O) groups is 1. The van der Waals surface area contributed by atoms with E-state index in [-0.39, 0.29) is 5.69 Å². The van der Waals surface area contributed by atoms with Crippen LogP contribution in [0.25, 0.3) is 0 Å². The van der Waals surface area contributed by atoms with Gasteiger partial charge in [-0.1, -0.05) is 6.07 Å².